The van der Waals surface area contributed by atoms with E-state index in [1.54, 1.807) is 0 Å². The first-order valence-electron chi connectivity index (χ1n) is 10.8. The number of carbonyl (C=O) groups is 1. The highest BCUT2D eigenvalue weighted by Crippen LogP contribution is 2.35. The molecule has 11 heteroatoms. The molecule has 1 amide bonds. The molecule has 0 unspecified atom stereocenters. The normalized spacial score (nSPS) is 11.2. The van der Waals surface area contributed by atoms with Crippen molar-refractivity contribution in [2.75, 3.05) is 25.1 Å². The van der Waals surface area contributed by atoms with Crippen LogP contribution in [0, 0.1) is 11.6 Å². The number of nitrogens with zero attached hydrogens (tertiary/aromatic N) is 1. The molecule has 0 radical (unpaired) electrons. The molecule has 3 rings (SSSR count). The van der Waals surface area contributed by atoms with Crippen molar-refractivity contribution in [1.29, 1.82) is 0 Å². The molecule has 0 aliphatic heterocycles. The van der Waals surface area contributed by atoms with E-state index in [-0.39, 0.29) is 58.3 Å². The molecule has 0 aromatic heterocycles. The number of amides is 1. The summed E-state index contributed by atoms with van der Waals surface area (Å²) in [6.45, 7) is -0.131. The van der Waals surface area contributed by atoms with Gasteiger partial charge in [-0.25, -0.2) is 17.2 Å². The summed E-state index contributed by atoms with van der Waals surface area (Å²) >= 11 is 6.17. The van der Waals surface area contributed by atoms with E-state index < -0.39 is 27.6 Å². The second-order valence-electron chi connectivity index (χ2n) is 7.81. The number of hydrogen-bond donors (Lipinski definition) is 1. The molecule has 2 N–H and O–H groups in total. The quantitative estimate of drug-likeness (QED) is 0.382. The third-order valence-electron chi connectivity index (χ3n) is 5.47. The molecule has 192 valence electrons. The van der Waals surface area contributed by atoms with Crippen LogP contribution in [0.3, 0.4) is 0 Å². The molecule has 3 aromatic rings. The molecular weight excluding hydrogens is 514 g/mol. The molecule has 0 atom stereocenters. The molecule has 0 spiro atoms. The Morgan fingerprint density at radius 2 is 1.67 bits per heavy atom. The summed E-state index contributed by atoms with van der Waals surface area (Å²) in [5, 5.41) is 0.256. The van der Waals surface area contributed by atoms with Gasteiger partial charge in [-0.3, -0.25) is 9.10 Å². The minimum Gasteiger partial charge on any atom is -0.493 e. The van der Waals surface area contributed by atoms with Gasteiger partial charge in [-0.1, -0.05) is 17.7 Å². The van der Waals surface area contributed by atoms with Crippen molar-refractivity contribution in [2.24, 2.45) is 5.73 Å². The Bertz CT molecular complexity index is 1350. The van der Waals surface area contributed by atoms with Crippen LogP contribution < -0.4 is 19.5 Å². The Labute approximate surface area is 213 Å². The van der Waals surface area contributed by atoms with E-state index in [2.05, 4.69) is 0 Å². The minimum atomic E-state index is -4.24. The van der Waals surface area contributed by atoms with Crippen molar-refractivity contribution in [3.8, 4) is 11.5 Å². The highest BCUT2D eigenvalue weighted by Gasteiger charge is 2.28. The fraction of sp³-hybridized carbons (Fsp3) is 0.240. The van der Waals surface area contributed by atoms with Crippen molar-refractivity contribution in [1.82, 2.24) is 0 Å². The number of benzene rings is 3. The molecule has 3 aromatic carbocycles. The van der Waals surface area contributed by atoms with Crippen molar-refractivity contribution in [2.45, 2.75) is 24.2 Å². The number of carbonyl (C=O) groups excluding carboxylic acids is 1. The first kappa shape index (κ1) is 27.2. The van der Waals surface area contributed by atoms with E-state index in [9.17, 15) is 22.0 Å². The topological polar surface area (TPSA) is 98.9 Å². The number of anilines is 1. The lowest BCUT2D eigenvalue weighted by molar-refractivity contribution is -0.118. The van der Waals surface area contributed by atoms with Gasteiger partial charge >= 0.3 is 0 Å². The van der Waals surface area contributed by atoms with Crippen LogP contribution in [0.25, 0.3) is 0 Å². The van der Waals surface area contributed by atoms with Crippen LogP contribution in [0.5, 0.6) is 11.5 Å². The summed E-state index contributed by atoms with van der Waals surface area (Å²) in [4.78, 5) is 11.2. The molecule has 0 aliphatic carbocycles. The van der Waals surface area contributed by atoms with Crippen LogP contribution in [0.15, 0.2) is 59.5 Å². The average molecular weight is 539 g/mol. The zero-order valence-corrected chi connectivity index (χ0v) is 21.2. The SMILES string of the molecule is COc1ccc(S(=O)(=O)N(CCCC(N)=O)c2ccc(Cl)cc2Cc2c(F)cccc2F)cc1OC. The Morgan fingerprint density at radius 1 is 1.00 bits per heavy atom. The number of nitrogens with two attached hydrogens (primary N) is 1. The van der Waals surface area contributed by atoms with Crippen LogP contribution in [0.2, 0.25) is 5.02 Å². The predicted octanol–water partition coefficient (Wildman–Crippen LogP) is 4.69. The molecular formula is C25H25ClF2N2O5S. The largest absolute Gasteiger partial charge is 0.493 e. The number of methoxy groups -OCH3 is 2. The van der Waals surface area contributed by atoms with Crippen LogP contribution in [0.1, 0.15) is 24.0 Å². The van der Waals surface area contributed by atoms with Gasteiger partial charge in [0.15, 0.2) is 11.5 Å². The third kappa shape index (κ3) is 6.06. The van der Waals surface area contributed by atoms with Crippen LogP contribution in [-0.4, -0.2) is 35.1 Å². The van der Waals surface area contributed by atoms with Crippen LogP contribution >= 0.6 is 11.6 Å². The highest BCUT2D eigenvalue weighted by molar-refractivity contribution is 7.92. The Balaban J connectivity index is 2.15. The second-order valence-corrected chi connectivity index (χ2v) is 10.1. The van der Waals surface area contributed by atoms with Gasteiger partial charge in [-0.2, -0.15) is 0 Å². The smallest absolute Gasteiger partial charge is 0.264 e. The number of sulfonamides is 1. The van der Waals surface area contributed by atoms with Gasteiger partial charge in [-0.15, -0.1) is 0 Å². The summed E-state index contributed by atoms with van der Waals surface area (Å²) < 4.78 is 68.0. The maximum atomic E-state index is 14.4. The molecule has 0 bridgehead atoms. The lowest BCUT2D eigenvalue weighted by Gasteiger charge is -2.27. The van der Waals surface area contributed by atoms with Gasteiger partial charge < -0.3 is 15.2 Å². The highest BCUT2D eigenvalue weighted by atomic mass is 35.5. The first-order valence-corrected chi connectivity index (χ1v) is 12.6. The molecule has 36 heavy (non-hydrogen) atoms. The summed E-state index contributed by atoms with van der Waals surface area (Å²) in [7, 11) is -1.45. The molecule has 0 saturated heterocycles. The van der Waals surface area contributed by atoms with Gasteiger partial charge in [0.2, 0.25) is 5.91 Å². The van der Waals surface area contributed by atoms with E-state index in [0.717, 1.165) is 16.4 Å². The second kappa shape index (κ2) is 11.6. The Morgan fingerprint density at radius 3 is 2.28 bits per heavy atom. The summed E-state index contributed by atoms with van der Waals surface area (Å²) in [6, 6.07) is 12.0. The number of halogens is 3. The summed E-state index contributed by atoms with van der Waals surface area (Å²) in [5.74, 6) is -1.62. The summed E-state index contributed by atoms with van der Waals surface area (Å²) in [6.07, 6.45) is -0.219. The van der Waals surface area contributed by atoms with Crippen molar-refractivity contribution in [3.63, 3.8) is 0 Å². The number of primary amides is 1. The van der Waals surface area contributed by atoms with E-state index in [4.69, 9.17) is 26.8 Å². The van der Waals surface area contributed by atoms with Crippen molar-refractivity contribution < 1.29 is 31.5 Å². The maximum Gasteiger partial charge on any atom is 0.264 e. The molecule has 0 fully saturated rings. The Kier molecular flexibility index (Phi) is 8.75. The van der Waals surface area contributed by atoms with Gasteiger partial charge in [0.25, 0.3) is 10.0 Å². The molecule has 0 heterocycles. The third-order valence-corrected chi connectivity index (χ3v) is 7.51. The fourth-order valence-electron chi connectivity index (χ4n) is 3.70. The Hall–Kier alpha value is -3.37. The minimum absolute atomic E-state index is 0.0666. The van der Waals surface area contributed by atoms with Crippen LogP contribution in [0.4, 0.5) is 14.5 Å². The zero-order valence-electron chi connectivity index (χ0n) is 19.6. The lowest BCUT2D eigenvalue weighted by atomic mass is 10.0. The lowest BCUT2D eigenvalue weighted by Crippen LogP contribution is -2.33. The van der Waals surface area contributed by atoms with Gasteiger partial charge in [0.05, 0.1) is 24.8 Å². The van der Waals surface area contributed by atoms with E-state index in [1.807, 2.05) is 0 Å². The molecule has 0 saturated carbocycles. The number of ether oxygens (including phenoxy) is 2. The number of rotatable bonds is 11. The van der Waals surface area contributed by atoms with Crippen molar-refractivity contribution in [3.05, 3.63) is 82.4 Å². The van der Waals surface area contributed by atoms with E-state index in [0.29, 0.717) is 5.75 Å². The zero-order chi connectivity index (χ0) is 26.5. The molecule has 7 nitrogen and oxygen atoms in total. The predicted molar refractivity (Wildman–Crippen MR) is 133 cm³/mol. The van der Waals surface area contributed by atoms with Gasteiger partial charge in [-0.05, 0) is 54.4 Å². The fourth-order valence-corrected chi connectivity index (χ4v) is 5.45. The standard InChI is InChI=1S/C25H25ClF2N2O5S/c1-34-23-11-9-18(15-24(23)35-2)36(32,33)30(12-4-7-25(29)31)22-10-8-17(26)13-16(22)14-19-20(27)5-3-6-21(19)28/h3,5-6,8-11,13,15H,4,7,12,14H2,1-2H3,(H2,29,31). The average Bonchev–Trinajstić information content (AvgIpc) is 2.84. The van der Waals surface area contributed by atoms with Crippen LogP contribution in [-0.2, 0) is 21.2 Å². The first-order chi connectivity index (χ1) is 17.1. The number of hydrogen-bond acceptors (Lipinski definition) is 5. The van der Waals surface area contributed by atoms with Gasteiger partial charge in [0.1, 0.15) is 11.6 Å². The monoisotopic (exact) mass is 538 g/mol. The summed E-state index contributed by atoms with van der Waals surface area (Å²) in [5.41, 5.74) is 5.45. The van der Waals surface area contributed by atoms with Gasteiger partial charge in [0, 0.05) is 36.0 Å². The maximum absolute atomic E-state index is 14.4. The molecule has 0 aliphatic rings. The van der Waals surface area contributed by atoms with E-state index in [1.165, 1.54) is 56.7 Å². The van der Waals surface area contributed by atoms with Crippen molar-refractivity contribution >= 4 is 33.2 Å². The van der Waals surface area contributed by atoms with E-state index >= 15 is 0 Å².